The van der Waals surface area contributed by atoms with E-state index in [4.69, 9.17) is 14.5 Å². The summed E-state index contributed by atoms with van der Waals surface area (Å²) in [5.41, 5.74) is 2.83. The number of nitrogens with zero attached hydrogens (tertiary/aromatic N) is 3. The molecule has 0 aliphatic heterocycles. The first kappa shape index (κ1) is 21.0. The van der Waals surface area contributed by atoms with Gasteiger partial charge in [-0.25, -0.2) is 9.67 Å². The molecule has 7 nitrogen and oxygen atoms in total. The Hall–Kier alpha value is -3.87. The number of hydrogen-bond acceptors (Lipinski definition) is 5. The van der Waals surface area contributed by atoms with Gasteiger partial charge in [-0.3, -0.25) is 4.79 Å². The lowest BCUT2D eigenvalue weighted by molar-refractivity contribution is 0.102. The number of benzene rings is 2. The summed E-state index contributed by atoms with van der Waals surface area (Å²) in [7, 11) is 3.20. The van der Waals surface area contributed by atoms with Gasteiger partial charge < -0.3 is 14.8 Å². The first-order valence-electron chi connectivity index (χ1n) is 11.1. The molecular formula is C26H26N4O3. The van der Waals surface area contributed by atoms with Crippen molar-refractivity contribution in [3.05, 3.63) is 66.4 Å². The first-order chi connectivity index (χ1) is 16.2. The van der Waals surface area contributed by atoms with Crippen molar-refractivity contribution < 1.29 is 14.3 Å². The molecule has 4 aromatic rings. The molecule has 1 aliphatic carbocycles. The minimum absolute atomic E-state index is 0.185. The van der Waals surface area contributed by atoms with Crippen molar-refractivity contribution in [1.29, 1.82) is 0 Å². The Bertz CT molecular complexity index is 1310. The molecule has 1 fully saturated rings. The van der Waals surface area contributed by atoms with E-state index in [1.165, 1.54) is 12.8 Å². The van der Waals surface area contributed by atoms with Crippen LogP contribution in [0.3, 0.4) is 0 Å². The average molecular weight is 443 g/mol. The van der Waals surface area contributed by atoms with E-state index in [9.17, 15) is 4.79 Å². The maximum Gasteiger partial charge on any atom is 0.257 e. The average Bonchev–Trinajstić information content (AvgIpc) is 3.55. The van der Waals surface area contributed by atoms with Gasteiger partial charge in [0.1, 0.15) is 5.82 Å². The van der Waals surface area contributed by atoms with Crippen molar-refractivity contribution in [2.24, 2.45) is 0 Å². The smallest absolute Gasteiger partial charge is 0.257 e. The van der Waals surface area contributed by atoms with Crippen LogP contribution in [0.2, 0.25) is 0 Å². The fraction of sp³-hybridized carbons (Fsp3) is 0.269. The second kappa shape index (κ2) is 8.94. The van der Waals surface area contributed by atoms with Crippen LogP contribution in [0.25, 0.3) is 22.2 Å². The molecule has 5 rings (SSSR count). The van der Waals surface area contributed by atoms with Gasteiger partial charge in [-0.05, 0) is 43.2 Å². The molecular weight excluding hydrogens is 416 g/mol. The highest BCUT2D eigenvalue weighted by Gasteiger charge is 2.22. The van der Waals surface area contributed by atoms with E-state index in [0.717, 1.165) is 35.1 Å². The number of hydrogen-bond donors (Lipinski definition) is 1. The molecule has 1 aliphatic rings. The molecule has 0 spiro atoms. The minimum Gasteiger partial charge on any atom is -0.493 e. The third-order valence-electron chi connectivity index (χ3n) is 6.22. The summed E-state index contributed by atoms with van der Waals surface area (Å²) in [4.78, 5) is 18.3. The first-order valence-corrected chi connectivity index (χ1v) is 11.1. The molecule has 33 heavy (non-hydrogen) atoms. The highest BCUT2D eigenvalue weighted by molar-refractivity contribution is 6.12. The predicted octanol–water partition coefficient (Wildman–Crippen LogP) is 5.48. The van der Waals surface area contributed by atoms with Crippen molar-refractivity contribution in [1.82, 2.24) is 14.8 Å². The van der Waals surface area contributed by atoms with Gasteiger partial charge >= 0.3 is 0 Å². The molecule has 1 amide bonds. The van der Waals surface area contributed by atoms with Gasteiger partial charge in [0, 0.05) is 17.0 Å². The van der Waals surface area contributed by atoms with Crippen LogP contribution in [0, 0.1) is 0 Å². The number of ether oxygens (including phenoxy) is 2. The number of carbonyl (C=O) groups is 1. The number of methoxy groups -OCH3 is 2. The van der Waals surface area contributed by atoms with E-state index >= 15 is 0 Å². The predicted molar refractivity (Wildman–Crippen MR) is 128 cm³/mol. The molecule has 7 heteroatoms. The van der Waals surface area contributed by atoms with Crippen LogP contribution in [0.1, 0.15) is 42.1 Å². The molecule has 0 atom stereocenters. The Balaban J connectivity index is 1.54. The van der Waals surface area contributed by atoms with Crippen molar-refractivity contribution in [3.8, 4) is 22.8 Å². The normalized spacial score (nSPS) is 13.9. The number of anilines is 1. The maximum atomic E-state index is 13.5. The molecule has 0 bridgehead atoms. The van der Waals surface area contributed by atoms with Crippen LogP contribution in [-0.2, 0) is 0 Å². The van der Waals surface area contributed by atoms with E-state index in [2.05, 4.69) is 10.4 Å². The number of pyridine rings is 1. The number of carbonyl (C=O) groups excluding carboxylic acids is 1. The lowest BCUT2D eigenvalue weighted by atomic mass is 10.0. The van der Waals surface area contributed by atoms with Crippen molar-refractivity contribution in [2.45, 2.75) is 31.7 Å². The van der Waals surface area contributed by atoms with Crippen LogP contribution in [0.4, 0.5) is 5.82 Å². The number of nitrogens with one attached hydrogen (secondary N) is 1. The summed E-state index contributed by atoms with van der Waals surface area (Å²) >= 11 is 0. The zero-order valence-corrected chi connectivity index (χ0v) is 18.7. The summed E-state index contributed by atoms with van der Waals surface area (Å²) in [6.45, 7) is 0. The van der Waals surface area contributed by atoms with Gasteiger partial charge in [0.2, 0.25) is 0 Å². The molecule has 2 heterocycles. The fourth-order valence-corrected chi connectivity index (χ4v) is 4.54. The highest BCUT2D eigenvalue weighted by Crippen LogP contribution is 2.34. The molecule has 1 saturated carbocycles. The topological polar surface area (TPSA) is 78.3 Å². The van der Waals surface area contributed by atoms with Gasteiger partial charge in [-0.2, -0.15) is 5.10 Å². The van der Waals surface area contributed by atoms with Crippen LogP contribution in [-0.4, -0.2) is 34.9 Å². The second-order valence-corrected chi connectivity index (χ2v) is 8.20. The molecule has 0 unspecified atom stereocenters. The van der Waals surface area contributed by atoms with Crippen LogP contribution < -0.4 is 14.8 Å². The third-order valence-corrected chi connectivity index (χ3v) is 6.22. The van der Waals surface area contributed by atoms with E-state index in [1.54, 1.807) is 20.4 Å². The molecule has 2 aromatic carbocycles. The summed E-state index contributed by atoms with van der Waals surface area (Å²) in [5.74, 6) is 1.78. The van der Waals surface area contributed by atoms with Crippen LogP contribution >= 0.6 is 0 Å². The summed E-state index contributed by atoms with van der Waals surface area (Å²) in [6, 6.07) is 17.3. The molecule has 0 radical (unpaired) electrons. The molecule has 0 saturated heterocycles. The number of aromatic nitrogens is 3. The largest absolute Gasteiger partial charge is 0.493 e. The van der Waals surface area contributed by atoms with Crippen molar-refractivity contribution >= 4 is 22.6 Å². The van der Waals surface area contributed by atoms with Gasteiger partial charge in [-0.15, -0.1) is 0 Å². The van der Waals surface area contributed by atoms with Gasteiger partial charge in [0.25, 0.3) is 5.91 Å². The van der Waals surface area contributed by atoms with Crippen LogP contribution in [0.15, 0.2) is 60.8 Å². The lowest BCUT2D eigenvalue weighted by Gasteiger charge is -2.16. The molecule has 168 valence electrons. The Morgan fingerprint density at radius 2 is 1.79 bits per heavy atom. The Morgan fingerprint density at radius 3 is 2.58 bits per heavy atom. The quantitative estimate of drug-likeness (QED) is 0.428. The summed E-state index contributed by atoms with van der Waals surface area (Å²) in [6.07, 6.45) is 6.31. The maximum absolute atomic E-state index is 13.5. The number of para-hydroxylation sites is 1. The number of amides is 1. The summed E-state index contributed by atoms with van der Waals surface area (Å²) in [5, 5.41) is 8.35. The monoisotopic (exact) mass is 442 g/mol. The number of fused-ring (bicyclic) bond motifs is 1. The van der Waals surface area contributed by atoms with Crippen molar-refractivity contribution in [2.75, 3.05) is 19.5 Å². The molecule has 2 aromatic heterocycles. The minimum atomic E-state index is -0.185. The number of rotatable bonds is 6. The zero-order chi connectivity index (χ0) is 22.8. The van der Waals surface area contributed by atoms with E-state index in [-0.39, 0.29) is 5.91 Å². The van der Waals surface area contributed by atoms with E-state index in [0.29, 0.717) is 28.8 Å². The lowest BCUT2D eigenvalue weighted by Crippen LogP contribution is -2.18. The van der Waals surface area contributed by atoms with E-state index < -0.39 is 0 Å². The third kappa shape index (κ3) is 4.02. The molecule has 1 N–H and O–H groups in total. The SMILES string of the molecule is COc1ccc(-c2cc(C(=O)Nc3ccnn3C3CCCC3)c3ccccc3n2)cc1OC. The fourth-order valence-electron chi connectivity index (χ4n) is 4.54. The highest BCUT2D eigenvalue weighted by atomic mass is 16.5. The van der Waals surface area contributed by atoms with Gasteiger partial charge in [0.05, 0.1) is 43.2 Å². The van der Waals surface area contributed by atoms with Crippen LogP contribution in [0.5, 0.6) is 11.5 Å². The Labute approximate surface area is 192 Å². The van der Waals surface area contributed by atoms with E-state index in [1.807, 2.05) is 59.3 Å². The van der Waals surface area contributed by atoms with Gasteiger partial charge in [0.15, 0.2) is 11.5 Å². The zero-order valence-electron chi connectivity index (χ0n) is 18.7. The Morgan fingerprint density at radius 1 is 1.00 bits per heavy atom. The standard InChI is InChI=1S/C26H26N4O3/c1-32-23-12-11-17(15-24(23)33-2)22-16-20(19-9-5-6-10-21(19)28-22)26(31)29-25-13-14-27-30(25)18-7-3-4-8-18/h5-6,9-16,18H,3-4,7-8H2,1-2H3,(H,29,31). The summed E-state index contributed by atoms with van der Waals surface area (Å²) < 4.78 is 12.8. The second-order valence-electron chi connectivity index (χ2n) is 8.20. The van der Waals surface area contributed by atoms with Crippen molar-refractivity contribution in [3.63, 3.8) is 0 Å². The Kier molecular flexibility index (Phi) is 5.69. The van der Waals surface area contributed by atoms with Gasteiger partial charge in [-0.1, -0.05) is 31.0 Å².